The Labute approximate surface area is 145 Å². The number of benzene rings is 2. The average molecular weight is 349 g/mol. The van der Waals surface area contributed by atoms with E-state index in [4.69, 9.17) is 11.6 Å². The van der Waals surface area contributed by atoms with Gasteiger partial charge in [-0.15, -0.1) is 0 Å². The van der Waals surface area contributed by atoms with Gasteiger partial charge in [0.15, 0.2) is 0 Å². The van der Waals surface area contributed by atoms with Crippen molar-refractivity contribution < 1.29 is 14.0 Å². The zero-order chi connectivity index (χ0) is 17.7. The van der Waals surface area contributed by atoms with E-state index in [0.717, 1.165) is 6.07 Å². The van der Waals surface area contributed by atoms with Crippen LogP contribution < -0.4 is 5.32 Å². The maximum absolute atomic E-state index is 13.7. The minimum absolute atomic E-state index is 0.0706. The predicted molar refractivity (Wildman–Crippen MR) is 93.1 cm³/mol. The number of carbonyl (C=O) groups excluding carboxylic acids is 2. The van der Waals surface area contributed by atoms with E-state index in [1.807, 2.05) is 13.8 Å². The van der Waals surface area contributed by atoms with Crippen molar-refractivity contribution in [3.8, 4) is 0 Å². The Balaban J connectivity index is 2.13. The van der Waals surface area contributed by atoms with Gasteiger partial charge in [0.05, 0.1) is 5.56 Å². The molecule has 0 aliphatic carbocycles. The number of amides is 2. The van der Waals surface area contributed by atoms with Crippen LogP contribution in [0.2, 0.25) is 5.02 Å². The Hall–Kier alpha value is -2.40. The van der Waals surface area contributed by atoms with Crippen molar-refractivity contribution in [3.63, 3.8) is 0 Å². The third-order valence-corrected chi connectivity index (χ3v) is 3.85. The molecule has 0 fully saturated rings. The molecule has 2 rings (SSSR count). The molecule has 0 spiro atoms. The van der Waals surface area contributed by atoms with E-state index >= 15 is 0 Å². The van der Waals surface area contributed by atoms with Gasteiger partial charge in [0.25, 0.3) is 11.8 Å². The number of hydrogen-bond donors (Lipinski definition) is 1. The second kappa shape index (κ2) is 7.93. The zero-order valence-corrected chi connectivity index (χ0v) is 14.2. The first kappa shape index (κ1) is 17.9. The molecule has 1 N–H and O–H groups in total. The second-order valence-corrected chi connectivity index (χ2v) is 5.57. The molecular weight excluding hydrogens is 331 g/mol. The smallest absolute Gasteiger partial charge is 0.258 e. The van der Waals surface area contributed by atoms with Crippen LogP contribution in [0.1, 0.15) is 34.6 Å². The van der Waals surface area contributed by atoms with Gasteiger partial charge in [0.1, 0.15) is 5.82 Å². The number of anilines is 1. The standard InChI is InChI=1S/C18H18ClFN2O2/c1-3-22(4-2)18(24)12-5-8-14(9-6-12)21-17(23)15-11-13(19)7-10-16(15)20/h5-11H,3-4H2,1-2H3,(H,21,23). The fourth-order valence-corrected chi connectivity index (χ4v) is 2.43. The van der Waals surface area contributed by atoms with Crippen LogP contribution in [0.4, 0.5) is 10.1 Å². The lowest BCUT2D eigenvalue weighted by atomic mass is 10.1. The van der Waals surface area contributed by atoms with Gasteiger partial charge in [0, 0.05) is 29.4 Å². The summed E-state index contributed by atoms with van der Waals surface area (Å²) in [6.07, 6.45) is 0. The Bertz CT molecular complexity index is 743. The van der Waals surface area contributed by atoms with E-state index in [1.54, 1.807) is 29.2 Å². The van der Waals surface area contributed by atoms with Crippen molar-refractivity contribution in [1.29, 1.82) is 0 Å². The van der Waals surface area contributed by atoms with E-state index in [-0.39, 0.29) is 16.5 Å². The van der Waals surface area contributed by atoms with Crippen LogP contribution in [0, 0.1) is 5.82 Å². The molecule has 0 aliphatic rings. The quantitative estimate of drug-likeness (QED) is 0.879. The van der Waals surface area contributed by atoms with Gasteiger partial charge >= 0.3 is 0 Å². The predicted octanol–water partition coefficient (Wildman–Crippen LogP) is 4.21. The van der Waals surface area contributed by atoms with Gasteiger partial charge in [-0.05, 0) is 56.3 Å². The first-order chi connectivity index (χ1) is 11.5. The van der Waals surface area contributed by atoms with E-state index in [0.29, 0.717) is 24.3 Å². The third kappa shape index (κ3) is 4.11. The first-order valence-electron chi connectivity index (χ1n) is 7.62. The minimum atomic E-state index is -0.648. The SMILES string of the molecule is CCN(CC)C(=O)c1ccc(NC(=O)c2cc(Cl)ccc2F)cc1. The third-order valence-electron chi connectivity index (χ3n) is 3.61. The number of hydrogen-bond acceptors (Lipinski definition) is 2. The molecule has 6 heteroatoms. The van der Waals surface area contributed by atoms with E-state index in [1.165, 1.54) is 12.1 Å². The van der Waals surface area contributed by atoms with Crippen molar-refractivity contribution in [2.75, 3.05) is 18.4 Å². The number of halogens is 2. The summed E-state index contributed by atoms with van der Waals surface area (Å²) in [7, 11) is 0. The number of nitrogens with zero attached hydrogens (tertiary/aromatic N) is 1. The largest absolute Gasteiger partial charge is 0.339 e. The molecule has 126 valence electrons. The minimum Gasteiger partial charge on any atom is -0.339 e. The van der Waals surface area contributed by atoms with Crippen molar-refractivity contribution in [2.45, 2.75) is 13.8 Å². The maximum atomic E-state index is 13.7. The van der Waals surface area contributed by atoms with E-state index in [2.05, 4.69) is 5.32 Å². The van der Waals surface area contributed by atoms with Crippen molar-refractivity contribution in [3.05, 3.63) is 64.4 Å². The molecule has 0 atom stereocenters. The highest BCUT2D eigenvalue weighted by molar-refractivity contribution is 6.31. The molecule has 0 radical (unpaired) electrons. The highest BCUT2D eigenvalue weighted by Gasteiger charge is 2.14. The molecular formula is C18H18ClFN2O2. The Morgan fingerprint density at radius 1 is 1.08 bits per heavy atom. The average Bonchev–Trinajstić information content (AvgIpc) is 2.58. The van der Waals surface area contributed by atoms with Gasteiger partial charge < -0.3 is 10.2 Å². The lowest BCUT2D eigenvalue weighted by Crippen LogP contribution is -2.30. The Kier molecular flexibility index (Phi) is 5.93. The normalized spacial score (nSPS) is 10.3. The van der Waals surface area contributed by atoms with Crippen LogP contribution in [-0.4, -0.2) is 29.8 Å². The van der Waals surface area contributed by atoms with Gasteiger partial charge in [-0.2, -0.15) is 0 Å². The highest BCUT2D eigenvalue weighted by atomic mass is 35.5. The number of carbonyl (C=O) groups is 2. The summed E-state index contributed by atoms with van der Waals surface area (Å²) in [5.41, 5.74) is 0.868. The first-order valence-corrected chi connectivity index (χ1v) is 7.99. The maximum Gasteiger partial charge on any atom is 0.258 e. The van der Waals surface area contributed by atoms with Gasteiger partial charge in [-0.1, -0.05) is 11.6 Å². The van der Waals surface area contributed by atoms with Crippen LogP contribution in [0.15, 0.2) is 42.5 Å². The lowest BCUT2D eigenvalue weighted by Gasteiger charge is -2.18. The lowest BCUT2D eigenvalue weighted by molar-refractivity contribution is 0.0773. The van der Waals surface area contributed by atoms with E-state index < -0.39 is 11.7 Å². The molecule has 0 bridgehead atoms. The van der Waals surface area contributed by atoms with Crippen LogP contribution in [-0.2, 0) is 0 Å². The fraction of sp³-hybridized carbons (Fsp3) is 0.222. The zero-order valence-electron chi connectivity index (χ0n) is 13.5. The van der Waals surface area contributed by atoms with Crippen LogP contribution >= 0.6 is 11.6 Å². The summed E-state index contributed by atoms with van der Waals surface area (Å²) in [5.74, 6) is -1.32. The molecule has 2 aromatic carbocycles. The molecule has 0 heterocycles. The molecule has 0 aromatic heterocycles. The van der Waals surface area contributed by atoms with Gasteiger partial charge in [-0.25, -0.2) is 4.39 Å². The van der Waals surface area contributed by atoms with Crippen LogP contribution in [0.3, 0.4) is 0 Å². The molecule has 2 amide bonds. The Morgan fingerprint density at radius 2 is 1.71 bits per heavy atom. The summed E-state index contributed by atoms with van der Waals surface area (Å²) in [6.45, 7) is 5.08. The van der Waals surface area contributed by atoms with Crippen LogP contribution in [0.5, 0.6) is 0 Å². The monoisotopic (exact) mass is 348 g/mol. The molecule has 24 heavy (non-hydrogen) atoms. The van der Waals surface area contributed by atoms with Crippen LogP contribution in [0.25, 0.3) is 0 Å². The summed E-state index contributed by atoms with van der Waals surface area (Å²) >= 11 is 5.79. The topological polar surface area (TPSA) is 49.4 Å². The molecule has 0 unspecified atom stereocenters. The second-order valence-electron chi connectivity index (χ2n) is 5.13. The summed E-state index contributed by atoms with van der Waals surface area (Å²) < 4.78 is 13.7. The number of nitrogens with one attached hydrogen (secondary N) is 1. The molecule has 2 aromatic rings. The van der Waals surface area contributed by atoms with E-state index in [9.17, 15) is 14.0 Å². The van der Waals surface area contributed by atoms with Gasteiger partial charge in [-0.3, -0.25) is 9.59 Å². The highest BCUT2D eigenvalue weighted by Crippen LogP contribution is 2.17. The molecule has 0 saturated heterocycles. The van der Waals surface area contributed by atoms with Gasteiger partial charge in [0.2, 0.25) is 0 Å². The summed E-state index contributed by atoms with van der Waals surface area (Å²) in [4.78, 5) is 26.0. The number of rotatable bonds is 5. The molecule has 0 aliphatic heterocycles. The summed E-state index contributed by atoms with van der Waals surface area (Å²) in [5, 5.41) is 2.87. The van der Waals surface area contributed by atoms with Crippen molar-refractivity contribution in [1.82, 2.24) is 4.90 Å². The van der Waals surface area contributed by atoms with Crippen molar-refractivity contribution >= 4 is 29.1 Å². The summed E-state index contributed by atoms with van der Waals surface area (Å²) in [6, 6.07) is 10.3. The fourth-order valence-electron chi connectivity index (χ4n) is 2.26. The van der Waals surface area contributed by atoms with Crippen molar-refractivity contribution in [2.24, 2.45) is 0 Å². The molecule has 4 nitrogen and oxygen atoms in total. The Morgan fingerprint density at radius 3 is 2.29 bits per heavy atom. The molecule has 0 saturated carbocycles.